The molecule has 2 aromatic heterocycles. The lowest BCUT2D eigenvalue weighted by molar-refractivity contribution is -0.130. The Morgan fingerprint density at radius 2 is 2.20 bits per heavy atom. The summed E-state index contributed by atoms with van der Waals surface area (Å²) in [4.78, 5) is 28.5. The van der Waals surface area contributed by atoms with Gasteiger partial charge < -0.3 is 9.80 Å². The van der Waals surface area contributed by atoms with Crippen LogP contribution in [-0.4, -0.2) is 50.9 Å². The summed E-state index contributed by atoms with van der Waals surface area (Å²) in [7, 11) is 0. The largest absolute Gasteiger partial charge is 0.337 e. The molecule has 4 rings (SSSR count). The van der Waals surface area contributed by atoms with Gasteiger partial charge in [0.15, 0.2) is 0 Å². The van der Waals surface area contributed by atoms with Gasteiger partial charge in [0.05, 0.1) is 0 Å². The number of carbonyl (C=O) groups excluding carboxylic acids is 2. The first kappa shape index (κ1) is 16.3. The Morgan fingerprint density at radius 3 is 2.80 bits per heavy atom. The molecule has 2 aliphatic rings. The molecule has 1 saturated heterocycles. The maximum absolute atomic E-state index is 12.4. The smallest absolute Gasteiger partial charge is 0.271 e. The Balaban J connectivity index is 1.38. The summed E-state index contributed by atoms with van der Waals surface area (Å²) in [5.41, 5.74) is 1.95. The standard InChI is InChI=1S/C18H22N4O2S/c1-13(23)22(11-14-3-9-25-12-14)16-10-18(16)4-7-21(8-5-18)17(24)15-2-6-19-20-15/h2-3,6,9,12,16H,4-5,7-8,10-11H2,1H3,(H,19,20)/t16-/m1/s1. The van der Waals surface area contributed by atoms with Gasteiger partial charge in [-0.2, -0.15) is 16.4 Å². The van der Waals surface area contributed by atoms with Crippen molar-refractivity contribution in [3.05, 3.63) is 40.3 Å². The summed E-state index contributed by atoms with van der Waals surface area (Å²) in [6.45, 7) is 3.86. The quantitative estimate of drug-likeness (QED) is 0.913. The second-order valence-electron chi connectivity index (χ2n) is 7.12. The molecule has 7 heteroatoms. The van der Waals surface area contributed by atoms with E-state index >= 15 is 0 Å². The first-order valence-electron chi connectivity index (χ1n) is 8.66. The summed E-state index contributed by atoms with van der Waals surface area (Å²) in [5.74, 6) is 0.162. The number of rotatable bonds is 4. The van der Waals surface area contributed by atoms with Crippen LogP contribution in [-0.2, 0) is 11.3 Å². The van der Waals surface area contributed by atoms with Gasteiger partial charge in [-0.25, -0.2) is 0 Å². The highest BCUT2D eigenvalue weighted by Crippen LogP contribution is 2.57. The average molecular weight is 358 g/mol. The second-order valence-corrected chi connectivity index (χ2v) is 7.90. The van der Waals surface area contributed by atoms with Crippen LogP contribution in [0.15, 0.2) is 29.1 Å². The lowest BCUT2D eigenvalue weighted by Gasteiger charge is -2.34. The number of likely N-dealkylation sites (tertiary alicyclic amines) is 1. The first-order valence-corrected chi connectivity index (χ1v) is 9.60. The third kappa shape index (κ3) is 3.08. The number of carbonyl (C=O) groups is 2. The Labute approximate surface area is 150 Å². The Morgan fingerprint density at radius 1 is 1.40 bits per heavy atom. The van der Waals surface area contributed by atoms with Gasteiger partial charge >= 0.3 is 0 Å². The highest BCUT2D eigenvalue weighted by molar-refractivity contribution is 7.07. The number of nitrogens with zero attached hydrogens (tertiary/aromatic N) is 3. The van der Waals surface area contributed by atoms with Crippen molar-refractivity contribution in [1.29, 1.82) is 0 Å². The molecule has 1 aliphatic heterocycles. The molecule has 0 aromatic carbocycles. The van der Waals surface area contributed by atoms with Crippen LogP contribution in [0.25, 0.3) is 0 Å². The maximum Gasteiger partial charge on any atom is 0.271 e. The van der Waals surface area contributed by atoms with Crippen LogP contribution >= 0.6 is 11.3 Å². The van der Waals surface area contributed by atoms with E-state index in [0.717, 1.165) is 32.4 Å². The molecule has 1 atom stereocenters. The normalized spacial score (nSPS) is 21.3. The van der Waals surface area contributed by atoms with Crippen LogP contribution in [0.3, 0.4) is 0 Å². The molecule has 0 bridgehead atoms. The SMILES string of the molecule is CC(=O)N(Cc1ccsc1)[C@@H]1CC12CCN(C(=O)c1ccn[nH]1)CC2. The fourth-order valence-electron chi connectivity index (χ4n) is 4.03. The number of H-pyrrole nitrogens is 1. The van der Waals surface area contributed by atoms with Crippen molar-refractivity contribution in [1.82, 2.24) is 20.0 Å². The van der Waals surface area contributed by atoms with Crippen LogP contribution in [0, 0.1) is 5.41 Å². The average Bonchev–Trinajstić information content (AvgIpc) is 3.07. The van der Waals surface area contributed by atoms with Gasteiger partial charge in [0.2, 0.25) is 5.91 Å². The lowest BCUT2D eigenvalue weighted by Crippen LogP contribution is -2.42. The number of piperidine rings is 1. The van der Waals surface area contributed by atoms with Crippen LogP contribution in [0.2, 0.25) is 0 Å². The molecular formula is C18H22N4O2S. The van der Waals surface area contributed by atoms with Crippen molar-refractivity contribution in [2.24, 2.45) is 5.41 Å². The minimum absolute atomic E-state index is 0.0197. The van der Waals surface area contributed by atoms with Crippen molar-refractivity contribution in [3.8, 4) is 0 Å². The molecular weight excluding hydrogens is 336 g/mol. The molecule has 1 saturated carbocycles. The van der Waals surface area contributed by atoms with E-state index < -0.39 is 0 Å². The lowest BCUT2D eigenvalue weighted by atomic mass is 9.92. The van der Waals surface area contributed by atoms with Gasteiger partial charge in [-0.05, 0) is 53.1 Å². The van der Waals surface area contributed by atoms with E-state index in [9.17, 15) is 9.59 Å². The van der Waals surface area contributed by atoms with E-state index in [4.69, 9.17) is 0 Å². The number of hydrogen-bond donors (Lipinski definition) is 1. The predicted molar refractivity (Wildman–Crippen MR) is 95.1 cm³/mol. The third-order valence-corrected chi connectivity index (χ3v) is 6.37. The van der Waals surface area contributed by atoms with Gasteiger partial charge in [0.25, 0.3) is 5.91 Å². The summed E-state index contributed by atoms with van der Waals surface area (Å²) in [6, 6.07) is 4.11. The van der Waals surface area contributed by atoms with E-state index in [1.165, 1.54) is 5.56 Å². The number of amides is 2. The van der Waals surface area contributed by atoms with Gasteiger partial charge in [-0.15, -0.1) is 0 Å². The zero-order valence-corrected chi connectivity index (χ0v) is 15.1. The number of nitrogens with one attached hydrogen (secondary N) is 1. The minimum atomic E-state index is 0.0197. The summed E-state index contributed by atoms with van der Waals surface area (Å²) < 4.78 is 0. The summed E-state index contributed by atoms with van der Waals surface area (Å²) in [5, 5.41) is 10.8. The van der Waals surface area contributed by atoms with E-state index in [1.807, 2.05) is 9.80 Å². The molecule has 1 aliphatic carbocycles. The van der Waals surface area contributed by atoms with Crippen LogP contribution in [0.5, 0.6) is 0 Å². The van der Waals surface area contributed by atoms with Crippen LogP contribution < -0.4 is 0 Å². The molecule has 3 heterocycles. The van der Waals surface area contributed by atoms with E-state index in [1.54, 1.807) is 30.5 Å². The molecule has 0 radical (unpaired) electrons. The van der Waals surface area contributed by atoms with Crippen molar-refractivity contribution in [2.45, 2.75) is 38.8 Å². The molecule has 6 nitrogen and oxygen atoms in total. The van der Waals surface area contributed by atoms with Gasteiger partial charge in [0.1, 0.15) is 5.69 Å². The van der Waals surface area contributed by atoms with Gasteiger partial charge in [0, 0.05) is 38.8 Å². The molecule has 1 spiro atoms. The Hall–Kier alpha value is -2.15. The van der Waals surface area contributed by atoms with E-state index in [0.29, 0.717) is 18.3 Å². The predicted octanol–water partition coefficient (Wildman–Crippen LogP) is 2.51. The Kier molecular flexibility index (Phi) is 4.11. The maximum atomic E-state index is 12.4. The molecule has 1 N–H and O–H groups in total. The zero-order valence-electron chi connectivity index (χ0n) is 14.3. The monoisotopic (exact) mass is 358 g/mol. The van der Waals surface area contributed by atoms with Gasteiger partial charge in [-0.1, -0.05) is 0 Å². The fourth-order valence-corrected chi connectivity index (χ4v) is 4.68. The second kappa shape index (κ2) is 6.29. The summed E-state index contributed by atoms with van der Waals surface area (Å²) in [6.07, 6.45) is 4.59. The number of hydrogen-bond acceptors (Lipinski definition) is 4. The van der Waals surface area contributed by atoms with Crippen LogP contribution in [0.1, 0.15) is 42.2 Å². The zero-order chi connectivity index (χ0) is 17.4. The van der Waals surface area contributed by atoms with Crippen molar-refractivity contribution < 1.29 is 9.59 Å². The molecule has 2 fully saturated rings. The highest BCUT2D eigenvalue weighted by atomic mass is 32.1. The number of aromatic amines is 1. The molecule has 0 unspecified atom stereocenters. The van der Waals surface area contributed by atoms with Crippen molar-refractivity contribution in [2.75, 3.05) is 13.1 Å². The van der Waals surface area contributed by atoms with Crippen molar-refractivity contribution >= 4 is 23.2 Å². The minimum Gasteiger partial charge on any atom is -0.337 e. The number of aromatic nitrogens is 2. The fraction of sp³-hybridized carbons (Fsp3) is 0.500. The van der Waals surface area contributed by atoms with Crippen molar-refractivity contribution in [3.63, 3.8) is 0 Å². The van der Waals surface area contributed by atoms with Gasteiger partial charge in [-0.3, -0.25) is 14.7 Å². The first-order chi connectivity index (χ1) is 12.1. The third-order valence-electron chi connectivity index (χ3n) is 5.64. The molecule has 132 valence electrons. The summed E-state index contributed by atoms with van der Waals surface area (Å²) >= 11 is 1.66. The highest BCUT2D eigenvalue weighted by Gasteiger charge is 2.58. The number of thiophene rings is 1. The van der Waals surface area contributed by atoms with Crippen LogP contribution in [0.4, 0.5) is 0 Å². The molecule has 2 amide bonds. The Bertz CT molecular complexity index is 748. The van der Waals surface area contributed by atoms with E-state index in [2.05, 4.69) is 27.0 Å². The topological polar surface area (TPSA) is 69.3 Å². The molecule has 2 aromatic rings. The molecule has 25 heavy (non-hydrogen) atoms. The van der Waals surface area contributed by atoms with E-state index in [-0.39, 0.29) is 17.2 Å².